The number of amides is 2. The topological polar surface area (TPSA) is 74.6 Å². The number of aryl methyl sites for hydroxylation is 1. The van der Waals surface area contributed by atoms with Crippen LogP contribution in [0.1, 0.15) is 13.3 Å². The highest BCUT2D eigenvalue weighted by Gasteiger charge is 2.13. The normalized spacial score (nSPS) is 10.3. The number of carbonyl (C=O) groups is 1. The zero-order chi connectivity index (χ0) is 14.4. The smallest absolute Gasteiger partial charge is 0.321 e. The number of anilines is 1. The first-order valence-corrected chi connectivity index (χ1v) is 6.81. The van der Waals surface area contributed by atoms with Gasteiger partial charge in [0.25, 0.3) is 5.56 Å². The van der Waals surface area contributed by atoms with E-state index in [1.54, 1.807) is 19.3 Å². The minimum absolute atomic E-state index is 0.0790. The molecule has 7 heteroatoms. The second kappa shape index (κ2) is 7.30. The van der Waals surface area contributed by atoms with Gasteiger partial charge in [0.15, 0.2) is 0 Å². The van der Waals surface area contributed by atoms with Gasteiger partial charge in [-0.05, 0) is 28.4 Å². The van der Waals surface area contributed by atoms with Crippen molar-refractivity contribution in [3.05, 3.63) is 27.1 Å². The molecule has 0 aliphatic carbocycles. The van der Waals surface area contributed by atoms with Gasteiger partial charge in [-0.2, -0.15) is 0 Å². The summed E-state index contributed by atoms with van der Waals surface area (Å²) in [6.07, 6.45) is 2.36. The molecule has 0 aliphatic heterocycles. The second-order valence-corrected chi connectivity index (χ2v) is 4.99. The Morgan fingerprint density at radius 2 is 2.21 bits per heavy atom. The van der Waals surface area contributed by atoms with E-state index in [1.165, 1.54) is 9.47 Å². The molecule has 0 bridgehead atoms. The Hall–Kier alpha value is -1.34. The van der Waals surface area contributed by atoms with Gasteiger partial charge >= 0.3 is 6.03 Å². The molecule has 0 radical (unpaired) electrons. The Balaban J connectivity index is 2.83. The lowest BCUT2D eigenvalue weighted by Crippen LogP contribution is -2.37. The molecule has 106 valence electrons. The molecule has 1 heterocycles. The molecule has 0 saturated heterocycles. The van der Waals surface area contributed by atoms with Crippen molar-refractivity contribution in [1.29, 1.82) is 0 Å². The minimum atomic E-state index is -0.290. The number of pyridine rings is 1. The van der Waals surface area contributed by atoms with Crippen molar-refractivity contribution in [1.82, 2.24) is 9.47 Å². The first kappa shape index (κ1) is 15.7. The summed E-state index contributed by atoms with van der Waals surface area (Å²) in [4.78, 5) is 25.0. The molecule has 0 saturated carbocycles. The van der Waals surface area contributed by atoms with Crippen LogP contribution in [-0.2, 0) is 7.05 Å². The van der Waals surface area contributed by atoms with E-state index in [2.05, 4.69) is 21.2 Å². The van der Waals surface area contributed by atoms with E-state index in [0.29, 0.717) is 16.7 Å². The SMILES string of the molecule is CCCN(CCO)C(=O)Nc1cc(Br)c(=O)n(C)c1. The third-order valence-corrected chi connectivity index (χ3v) is 3.11. The fourth-order valence-corrected chi connectivity index (χ4v) is 2.17. The molecule has 2 N–H and O–H groups in total. The standard InChI is InChI=1S/C12H18BrN3O3/c1-3-4-16(5-6-17)12(19)14-9-7-10(13)11(18)15(2)8-9/h7-8,17H,3-6H2,1-2H3,(H,14,19). The number of aromatic nitrogens is 1. The van der Waals surface area contributed by atoms with Crippen molar-refractivity contribution in [3.8, 4) is 0 Å². The minimum Gasteiger partial charge on any atom is -0.395 e. The molecule has 0 spiro atoms. The largest absolute Gasteiger partial charge is 0.395 e. The summed E-state index contributed by atoms with van der Waals surface area (Å²) < 4.78 is 1.77. The van der Waals surface area contributed by atoms with Gasteiger partial charge < -0.3 is 19.9 Å². The zero-order valence-corrected chi connectivity index (χ0v) is 12.6. The zero-order valence-electron chi connectivity index (χ0n) is 11.0. The molecular formula is C12H18BrN3O3. The van der Waals surface area contributed by atoms with Crippen LogP contribution < -0.4 is 10.9 Å². The summed E-state index contributed by atoms with van der Waals surface area (Å²) in [6.45, 7) is 2.73. The first-order valence-electron chi connectivity index (χ1n) is 6.02. The van der Waals surface area contributed by atoms with Crippen molar-refractivity contribution in [2.24, 2.45) is 7.05 Å². The number of nitrogens with zero attached hydrogens (tertiary/aromatic N) is 2. The van der Waals surface area contributed by atoms with E-state index in [4.69, 9.17) is 5.11 Å². The molecule has 0 unspecified atom stereocenters. The number of urea groups is 1. The van der Waals surface area contributed by atoms with E-state index < -0.39 is 0 Å². The quantitative estimate of drug-likeness (QED) is 0.856. The van der Waals surface area contributed by atoms with Crippen LogP contribution in [0.25, 0.3) is 0 Å². The lowest BCUT2D eigenvalue weighted by Gasteiger charge is -2.21. The molecule has 19 heavy (non-hydrogen) atoms. The fraction of sp³-hybridized carbons (Fsp3) is 0.500. The summed E-state index contributed by atoms with van der Waals surface area (Å²) in [7, 11) is 1.61. The Morgan fingerprint density at radius 3 is 2.74 bits per heavy atom. The highest BCUT2D eigenvalue weighted by molar-refractivity contribution is 9.10. The van der Waals surface area contributed by atoms with Crippen LogP contribution in [0, 0.1) is 0 Å². The van der Waals surface area contributed by atoms with Gasteiger partial charge in [-0.3, -0.25) is 4.79 Å². The third-order valence-electron chi connectivity index (χ3n) is 2.54. The maximum atomic E-state index is 12.0. The average Bonchev–Trinajstić information content (AvgIpc) is 2.35. The lowest BCUT2D eigenvalue weighted by molar-refractivity contribution is 0.188. The van der Waals surface area contributed by atoms with Gasteiger partial charge in [-0.15, -0.1) is 0 Å². The van der Waals surface area contributed by atoms with E-state index in [0.717, 1.165) is 6.42 Å². The Kier molecular flexibility index (Phi) is 6.04. The first-order chi connectivity index (χ1) is 8.99. The highest BCUT2D eigenvalue weighted by Crippen LogP contribution is 2.12. The molecule has 1 rings (SSSR count). The molecule has 6 nitrogen and oxygen atoms in total. The van der Waals surface area contributed by atoms with Crippen molar-refractivity contribution >= 4 is 27.6 Å². The number of rotatable bonds is 5. The van der Waals surface area contributed by atoms with Crippen molar-refractivity contribution in [2.75, 3.05) is 25.0 Å². The lowest BCUT2D eigenvalue weighted by atomic mass is 10.4. The average molecular weight is 332 g/mol. The number of halogens is 1. The van der Waals surface area contributed by atoms with Crippen molar-refractivity contribution < 1.29 is 9.90 Å². The van der Waals surface area contributed by atoms with Crippen LogP contribution in [0.2, 0.25) is 0 Å². The van der Waals surface area contributed by atoms with Crippen LogP contribution in [-0.4, -0.2) is 40.3 Å². The molecule has 0 atom stereocenters. The van der Waals surface area contributed by atoms with Gasteiger partial charge in [0, 0.05) is 26.3 Å². The number of aliphatic hydroxyl groups excluding tert-OH is 1. The van der Waals surface area contributed by atoms with Gasteiger partial charge in [0.2, 0.25) is 0 Å². The van der Waals surface area contributed by atoms with Crippen molar-refractivity contribution in [2.45, 2.75) is 13.3 Å². The predicted molar refractivity (Wildman–Crippen MR) is 77.4 cm³/mol. The van der Waals surface area contributed by atoms with E-state index in [9.17, 15) is 9.59 Å². The maximum absolute atomic E-state index is 12.0. The number of hydrogen-bond donors (Lipinski definition) is 2. The van der Waals surface area contributed by atoms with Crippen LogP contribution in [0.3, 0.4) is 0 Å². The van der Waals surface area contributed by atoms with Crippen LogP contribution >= 0.6 is 15.9 Å². The Labute approximate surface area is 120 Å². The van der Waals surface area contributed by atoms with Gasteiger partial charge in [-0.25, -0.2) is 4.79 Å². The predicted octanol–water partition coefficient (Wildman–Crippen LogP) is 1.38. The van der Waals surface area contributed by atoms with Gasteiger partial charge in [0.1, 0.15) is 0 Å². The van der Waals surface area contributed by atoms with Gasteiger partial charge in [-0.1, -0.05) is 6.92 Å². The molecule has 0 fully saturated rings. The molecule has 0 aliphatic rings. The van der Waals surface area contributed by atoms with Crippen LogP contribution in [0.4, 0.5) is 10.5 Å². The number of nitrogens with one attached hydrogen (secondary N) is 1. The summed E-state index contributed by atoms with van der Waals surface area (Å²) in [5.41, 5.74) is 0.358. The molecule has 2 amide bonds. The Bertz CT molecular complexity index is 469. The summed E-state index contributed by atoms with van der Waals surface area (Å²) >= 11 is 3.15. The summed E-state index contributed by atoms with van der Waals surface area (Å²) in [5, 5.41) is 11.6. The molecule has 0 aromatic carbocycles. The summed E-state index contributed by atoms with van der Waals surface area (Å²) in [5.74, 6) is 0. The number of aliphatic hydroxyl groups is 1. The maximum Gasteiger partial charge on any atom is 0.321 e. The highest BCUT2D eigenvalue weighted by atomic mass is 79.9. The van der Waals surface area contributed by atoms with Crippen LogP contribution in [0.15, 0.2) is 21.5 Å². The van der Waals surface area contributed by atoms with Gasteiger partial charge in [0.05, 0.1) is 16.8 Å². The third kappa shape index (κ3) is 4.36. The van der Waals surface area contributed by atoms with Crippen LogP contribution in [0.5, 0.6) is 0 Å². The molecule has 1 aromatic heterocycles. The summed E-state index contributed by atoms with van der Waals surface area (Å²) in [6, 6.07) is 1.27. The fourth-order valence-electron chi connectivity index (χ4n) is 1.65. The second-order valence-electron chi connectivity index (χ2n) is 4.13. The number of carbonyl (C=O) groups excluding carboxylic acids is 1. The van der Waals surface area contributed by atoms with E-state index in [1.807, 2.05) is 6.92 Å². The van der Waals surface area contributed by atoms with E-state index >= 15 is 0 Å². The molecule has 1 aromatic rings. The monoisotopic (exact) mass is 331 g/mol. The van der Waals surface area contributed by atoms with E-state index in [-0.39, 0.29) is 24.7 Å². The number of hydrogen-bond acceptors (Lipinski definition) is 3. The van der Waals surface area contributed by atoms with Crippen molar-refractivity contribution in [3.63, 3.8) is 0 Å². The Morgan fingerprint density at radius 1 is 1.53 bits per heavy atom. The molecular weight excluding hydrogens is 314 g/mol.